The van der Waals surface area contributed by atoms with Crippen molar-refractivity contribution in [2.45, 2.75) is 26.9 Å². The summed E-state index contributed by atoms with van der Waals surface area (Å²) in [4.78, 5) is 0. The van der Waals surface area contributed by atoms with Crippen molar-refractivity contribution in [2.24, 2.45) is 0 Å². The van der Waals surface area contributed by atoms with Gasteiger partial charge in [0.1, 0.15) is 0 Å². The van der Waals surface area contributed by atoms with Gasteiger partial charge < -0.3 is 0 Å². The molecule has 0 saturated heterocycles. The minimum Gasteiger partial charge on any atom is -0.211 e. The molecule has 0 heterocycles. The molecule has 0 bridgehead atoms. The molecule has 0 nitrogen and oxygen atoms in total. The summed E-state index contributed by atoms with van der Waals surface area (Å²) in [5, 5.41) is 0. The smallest absolute Gasteiger partial charge is 0.0961 e. The Morgan fingerprint density at radius 1 is 0.944 bits per heavy atom. The third kappa shape index (κ3) is 11.3. The molecule has 0 aliphatic heterocycles. The molecular weight excluding hydrogens is 315 g/mol. The fraction of sp³-hybridized carbons (Fsp3) is 0.286. The van der Waals surface area contributed by atoms with E-state index < -0.39 is 14.5 Å². The minimum absolute atomic E-state index is 0.254. The Morgan fingerprint density at radius 2 is 1.28 bits per heavy atom. The van der Waals surface area contributed by atoms with E-state index in [1.165, 1.54) is 11.1 Å². The SMILES string of the molecule is C[Si](C)=[Ti]([Cl])[Cl].Cc1cc[cH-]c1.Cc1cc[cH-]c1. The van der Waals surface area contributed by atoms with Crippen LogP contribution in [-0.2, 0) is 14.5 Å². The normalized spacial score (nSPS) is 8.56. The predicted molar refractivity (Wildman–Crippen MR) is 82.7 cm³/mol. The van der Waals surface area contributed by atoms with Gasteiger partial charge in [0.15, 0.2) is 0 Å². The molecule has 2 aromatic rings. The summed E-state index contributed by atoms with van der Waals surface area (Å²) in [6.07, 6.45) is -0.254. The van der Waals surface area contributed by atoms with Crippen LogP contribution in [0.4, 0.5) is 0 Å². The van der Waals surface area contributed by atoms with Gasteiger partial charge in [0.25, 0.3) is 0 Å². The monoisotopic (exact) mass is 334 g/mol. The molecule has 4 heteroatoms. The molecule has 0 N–H and O–H groups in total. The summed E-state index contributed by atoms with van der Waals surface area (Å²) < 4.78 is 0. The predicted octanol–water partition coefficient (Wildman–Crippen LogP) is 5.59. The van der Waals surface area contributed by atoms with Gasteiger partial charge in [-0.1, -0.05) is 13.8 Å². The molecule has 0 aliphatic rings. The summed E-state index contributed by atoms with van der Waals surface area (Å²) in [5.74, 6) is 0. The van der Waals surface area contributed by atoms with Gasteiger partial charge >= 0.3 is 52.4 Å². The fourth-order valence-corrected chi connectivity index (χ4v) is 0.940. The van der Waals surface area contributed by atoms with Gasteiger partial charge in [-0.2, -0.15) is 36.4 Å². The van der Waals surface area contributed by atoms with Crippen LogP contribution in [0.25, 0.3) is 0 Å². The van der Waals surface area contributed by atoms with Gasteiger partial charge in [0.05, 0.1) is 0 Å². The Bertz CT molecular complexity index is 380. The van der Waals surface area contributed by atoms with E-state index in [1.807, 2.05) is 24.3 Å². The van der Waals surface area contributed by atoms with E-state index in [2.05, 4.69) is 51.2 Å². The maximum atomic E-state index is 5.59. The second-order valence-corrected chi connectivity index (χ2v) is 20.3. The van der Waals surface area contributed by atoms with Gasteiger partial charge in [0.2, 0.25) is 0 Å². The maximum absolute atomic E-state index is 5.59. The van der Waals surface area contributed by atoms with Crippen molar-refractivity contribution in [3.05, 3.63) is 59.7 Å². The van der Waals surface area contributed by atoms with Crippen LogP contribution in [0.3, 0.4) is 0 Å². The summed E-state index contributed by atoms with van der Waals surface area (Å²) in [5.41, 5.74) is 2.69. The summed E-state index contributed by atoms with van der Waals surface area (Å²) >= 11 is -1.42. The van der Waals surface area contributed by atoms with Crippen LogP contribution >= 0.6 is 18.6 Å². The Morgan fingerprint density at radius 3 is 1.33 bits per heavy atom. The molecule has 0 fully saturated rings. The van der Waals surface area contributed by atoms with Crippen molar-refractivity contribution in [1.29, 1.82) is 0 Å². The first-order valence-electron chi connectivity index (χ1n) is 5.78. The molecular formula is C14H20Cl2SiTi-2. The number of halogens is 2. The van der Waals surface area contributed by atoms with Crippen LogP contribution in [0.5, 0.6) is 0 Å². The summed E-state index contributed by atoms with van der Waals surface area (Å²) in [6.45, 7) is 8.47. The summed E-state index contributed by atoms with van der Waals surface area (Å²) in [7, 11) is 11.2. The van der Waals surface area contributed by atoms with E-state index in [1.54, 1.807) is 0 Å². The number of rotatable bonds is 0. The topological polar surface area (TPSA) is 0 Å². The van der Waals surface area contributed by atoms with Crippen LogP contribution in [0, 0.1) is 13.8 Å². The van der Waals surface area contributed by atoms with Crippen LogP contribution in [0.15, 0.2) is 48.5 Å². The minimum atomic E-state index is -1.42. The molecule has 18 heavy (non-hydrogen) atoms. The standard InChI is InChI=1S/2C6H7.C2H6Si.2ClH.Ti/c2*1-6-4-2-3-5-6;1-3-2;;;/h2*2-5H,1H3;1-2H3;2*1H;/q2*-1;;;;+2/p-2. The first kappa shape index (κ1) is 18.2. The van der Waals surface area contributed by atoms with Crippen molar-refractivity contribution in [1.82, 2.24) is 0 Å². The largest absolute Gasteiger partial charge is 0.211 e. The van der Waals surface area contributed by atoms with Crippen molar-refractivity contribution in [2.75, 3.05) is 0 Å². The number of aryl methyl sites for hydroxylation is 2. The third-order valence-electron chi connectivity index (χ3n) is 2.04. The van der Waals surface area contributed by atoms with Crippen molar-refractivity contribution in [3.63, 3.8) is 0 Å². The molecule has 0 radical (unpaired) electrons. The summed E-state index contributed by atoms with van der Waals surface area (Å²) in [6, 6.07) is 16.5. The average molecular weight is 335 g/mol. The molecule has 0 saturated carbocycles. The zero-order valence-corrected chi connectivity index (χ0v) is 15.4. The molecule has 2 rings (SSSR count). The second kappa shape index (κ2) is 11.1. The molecule has 0 amide bonds. The van der Waals surface area contributed by atoms with Crippen LogP contribution < -0.4 is 0 Å². The Balaban J connectivity index is 0.000000241. The van der Waals surface area contributed by atoms with Gasteiger partial charge in [-0.05, 0) is 0 Å². The number of hydrogen-bond acceptors (Lipinski definition) is 0. The van der Waals surface area contributed by atoms with E-state index in [9.17, 15) is 0 Å². The quantitative estimate of drug-likeness (QED) is 0.435. The molecule has 0 atom stereocenters. The van der Waals surface area contributed by atoms with Gasteiger partial charge in [-0.3, -0.25) is 0 Å². The first-order chi connectivity index (χ1) is 8.43. The fourth-order valence-electron chi connectivity index (χ4n) is 0.940. The molecule has 0 aromatic heterocycles. The zero-order chi connectivity index (χ0) is 14.0. The second-order valence-electron chi connectivity index (χ2n) is 4.18. The van der Waals surface area contributed by atoms with Crippen molar-refractivity contribution >= 4 is 24.8 Å². The van der Waals surface area contributed by atoms with E-state index in [0.29, 0.717) is 0 Å². The van der Waals surface area contributed by atoms with Gasteiger partial charge in [-0.25, -0.2) is 23.3 Å². The molecule has 0 spiro atoms. The van der Waals surface area contributed by atoms with E-state index in [0.717, 1.165) is 0 Å². The Kier molecular flexibility index (Phi) is 11.2. The zero-order valence-electron chi connectivity index (χ0n) is 11.4. The van der Waals surface area contributed by atoms with Crippen molar-refractivity contribution < 1.29 is 14.5 Å². The van der Waals surface area contributed by atoms with E-state index in [4.69, 9.17) is 18.6 Å². The van der Waals surface area contributed by atoms with Crippen LogP contribution in [-0.4, -0.2) is 6.19 Å². The first-order valence-corrected chi connectivity index (χ1v) is 14.9. The molecule has 100 valence electrons. The van der Waals surface area contributed by atoms with E-state index in [-0.39, 0.29) is 6.19 Å². The van der Waals surface area contributed by atoms with Crippen LogP contribution in [0.1, 0.15) is 11.1 Å². The van der Waals surface area contributed by atoms with Gasteiger partial charge in [-0.15, -0.1) is 0 Å². The Labute approximate surface area is 125 Å². The van der Waals surface area contributed by atoms with Gasteiger partial charge in [0, 0.05) is 0 Å². The maximum Gasteiger partial charge on any atom is -0.0961 e. The van der Waals surface area contributed by atoms with Crippen molar-refractivity contribution in [3.8, 4) is 0 Å². The molecule has 2 aromatic carbocycles. The molecule has 0 aliphatic carbocycles. The Hall–Kier alpha value is 0.211. The van der Waals surface area contributed by atoms with E-state index >= 15 is 0 Å². The average Bonchev–Trinajstić information content (AvgIpc) is 2.93. The molecule has 0 unspecified atom stereocenters. The third-order valence-corrected chi connectivity index (χ3v) is 15.7. The van der Waals surface area contributed by atoms with Crippen LogP contribution in [0.2, 0.25) is 13.1 Å². The number of hydrogen-bond donors (Lipinski definition) is 0.